The van der Waals surface area contributed by atoms with E-state index in [0.29, 0.717) is 19.6 Å². The van der Waals surface area contributed by atoms with Gasteiger partial charge in [-0.05, 0) is 32.3 Å². The molecule has 4 rings (SSSR count). The van der Waals surface area contributed by atoms with Gasteiger partial charge in [0.15, 0.2) is 0 Å². The second-order valence-corrected chi connectivity index (χ2v) is 11.9. The largest absolute Gasteiger partial charge is 0.461 e. The van der Waals surface area contributed by atoms with Crippen LogP contribution in [0.4, 0.5) is 0 Å². The highest BCUT2D eigenvalue weighted by atomic mass is 32.2. The molecule has 4 aliphatic rings. The molecule has 0 radical (unpaired) electrons. The molecular formula is C26H38N2O5S. The van der Waals surface area contributed by atoms with Gasteiger partial charge >= 0.3 is 5.97 Å². The Morgan fingerprint density at radius 2 is 1.76 bits per heavy atom. The van der Waals surface area contributed by atoms with Crippen LogP contribution in [0, 0.1) is 11.8 Å². The summed E-state index contributed by atoms with van der Waals surface area (Å²) in [5.41, 5.74) is 0. The fourth-order valence-electron chi connectivity index (χ4n) is 6.14. The number of amides is 2. The quantitative estimate of drug-likeness (QED) is 0.288. The van der Waals surface area contributed by atoms with Crippen LogP contribution < -0.4 is 0 Å². The van der Waals surface area contributed by atoms with Crippen molar-refractivity contribution in [3.05, 3.63) is 24.3 Å². The third kappa shape index (κ3) is 4.32. The number of esters is 1. The molecule has 8 heteroatoms. The van der Waals surface area contributed by atoms with Gasteiger partial charge in [-0.3, -0.25) is 14.4 Å². The first-order valence-electron chi connectivity index (χ1n) is 12.8. The maximum Gasteiger partial charge on any atom is 0.311 e. The number of hydrogen-bond donors (Lipinski definition) is 1. The van der Waals surface area contributed by atoms with Crippen LogP contribution in [-0.4, -0.2) is 81.1 Å². The number of nitrogens with zero attached hydrogens (tertiary/aromatic N) is 2. The van der Waals surface area contributed by atoms with Crippen LogP contribution in [0.1, 0.15) is 58.8 Å². The number of ether oxygens (including phenoxy) is 1. The monoisotopic (exact) mass is 490 g/mol. The van der Waals surface area contributed by atoms with Crippen molar-refractivity contribution in [2.45, 2.75) is 74.3 Å². The molecule has 0 bridgehead atoms. The van der Waals surface area contributed by atoms with E-state index in [9.17, 15) is 14.4 Å². The predicted octanol–water partition coefficient (Wildman–Crippen LogP) is 2.93. The Kier molecular flexibility index (Phi) is 7.77. The van der Waals surface area contributed by atoms with Crippen molar-refractivity contribution in [2.24, 2.45) is 11.8 Å². The average molecular weight is 491 g/mol. The summed E-state index contributed by atoms with van der Waals surface area (Å²) < 4.78 is 4.09. The summed E-state index contributed by atoms with van der Waals surface area (Å²) in [5.74, 6) is -1.68. The molecule has 0 saturated carbocycles. The van der Waals surface area contributed by atoms with Gasteiger partial charge in [0, 0.05) is 31.0 Å². The number of fused-ring (bicyclic) bond motifs is 2. The van der Waals surface area contributed by atoms with Gasteiger partial charge in [-0.1, -0.05) is 50.8 Å². The summed E-state index contributed by atoms with van der Waals surface area (Å²) in [5, 5.41) is 9.07. The maximum atomic E-state index is 14.0. The lowest BCUT2D eigenvalue weighted by atomic mass is 9.75. The molecule has 0 aromatic carbocycles. The van der Waals surface area contributed by atoms with Crippen molar-refractivity contribution >= 4 is 29.5 Å². The van der Waals surface area contributed by atoms with Gasteiger partial charge in [-0.2, -0.15) is 0 Å². The van der Waals surface area contributed by atoms with E-state index in [2.05, 4.69) is 13.0 Å². The molecular weight excluding hydrogens is 452 g/mol. The topological polar surface area (TPSA) is 87.2 Å². The van der Waals surface area contributed by atoms with Gasteiger partial charge < -0.3 is 19.6 Å². The lowest BCUT2D eigenvalue weighted by molar-refractivity contribution is -0.152. The maximum absolute atomic E-state index is 14.0. The number of carbonyl (C=O) groups is 3. The highest BCUT2D eigenvalue weighted by Crippen LogP contribution is 2.65. The molecule has 1 N–H and O–H groups in total. The van der Waals surface area contributed by atoms with Gasteiger partial charge in [-0.15, -0.1) is 11.8 Å². The average Bonchev–Trinajstić information content (AvgIpc) is 3.06. The molecule has 4 aliphatic heterocycles. The third-order valence-corrected chi connectivity index (χ3v) is 9.53. The summed E-state index contributed by atoms with van der Waals surface area (Å²) in [6.45, 7) is 6.24. The first kappa shape index (κ1) is 25.3. The molecule has 7 nitrogen and oxygen atoms in total. The Labute approximate surface area is 206 Å². The number of aliphatic hydroxyl groups is 1. The Hall–Kier alpha value is -1.80. The Morgan fingerprint density at radius 3 is 2.53 bits per heavy atom. The summed E-state index contributed by atoms with van der Waals surface area (Å²) in [6.07, 6.45) is 14.3. The Morgan fingerprint density at radius 1 is 1.00 bits per heavy atom. The molecule has 2 amide bonds. The third-order valence-electron chi connectivity index (χ3n) is 7.73. The van der Waals surface area contributed by atoms with Crippen molar-refractivity contribution in [2.75, 3.05) is 32.8 Å². The number of aliphatic hydroxyl groups excluding tert-OH is 1. The van der Waals surface area contributed by atoms with Crippen molar-refractivity contribution in [1.29, 1.82) is 0 Å². The number of cyclic esters (lactones) is 1. The number of rotatable bonds is 10. The van der Waals surface area contributed by atoms with Crippen molar-refractivity contribution < 1.29 is 24.2 Å². The van der Waals surface area contributed by atoms with Gasteiger partial charge in [-0.25, -0.2) is 0 Å². The van der Waals surface area contributed by atoms with Crippen LogP contribution in [0.15, 0.2) is 24.3 Å². The highest BCUT2D eigenvalue weighted by Gasteiger charge is 2.73. The number of unbranched alkanes of at least 4 members (excludes halogenated alkanes) is 5. The summed E-state index contributed by atoms with van der Waals surface area (Å²) in [6, 6.07) is -0.613. The smallest absolute Gasteiger partial charge is 0.311 e. The van der Waals surface area contributed by atoms with Crippen molar-refractivity contribution in [1.82, 2.24) is 9.80 Å². The molecule has 0 aliphatic carbocycles. The minimum absolute atomic E-state index is 0.00258. The van der Waals surface area contributed by atoms with Gasteiger partial charge in [0.1, 0.15) is 12.6 Å². The van der Waals surface area contributed by atoms with E-state index in [1.165, 1.54) is 0 Å². The zero-order chi connectivity index (χ0) is 24.3. The number of thioether (sulfide) groups is 1. The molecule has 188 valence electrons. The Balaban J connectivity index is 1.69. The molecule has 0 aromatic heterocycles. The molecule has 0 aromatic rings. The van der Waals surface area contributed by atoms with E-state index in [0.717, 1.165) is 44.9 Å². The van der Waals surface area contributed by atoms with Gasteiger partial charge in [0.25, 0.3) is 0 Å². The second kappa shape index (κ2) is 10.4. The van der Waals surface area contributed by atoms with E-state index in [-0.39, 0.29) is 31.0 Å². The molecule has 2 saturated heterocycles. The normalized spacial score (nSPS) is 34.6. The SMILES string of the molecule is CCCCCN1CC=C[C@]23S[C@]4(C)C=CCOC(=O)[C@@H]4[C@H]2C(=O)N(CCCCCCO)C3C1=O. The summed E-state index contributed by atoms with van der Waals surface area (Å²) in [4.78, 5) is 44.8. The Bertz CT molecular complexity index is 860. The van der Waals surface area contributed by atoms with Crippen molar-refractivity contribution in [3.8, 4) is 0 Å². The predicted molar refractivity (Wildman–Crippen MR) is 132 cm³/mol. The zero-order valence-corrected chi connectivity index (χ0v) is 21.2. The molecule has 5 atom stereocenters. The minimum atomic E-state index is -0.779. The van der Waals surface area contributed by atoms with E-state index < -0.39 is 27.4 Å². The second-order valence-electron chi connectivity index (χ2n) is 10.1. The lowest BCUT2D eigenvalue weighted by Crippen LogP contribution is -2.53. The molecule has 1 spiro atoms. The van der Waals surface area contributed by atoms with E-state index in [1.54, 1.807) is 16.7 Å². The first-order chi connectivity index (χ1) is 16.4. The molecule has 2 fully saturated rings. The minimum Gasteiger partial charge on any atom is -0.461 e. The van der Waals surface area contributed by atoms with Crippen LogP contribution in [0.25, 0.3) is 0 Å². The summed E-state index contributed by atoms with van der Waals surface area (Å²) in [7, 11) is 0. The lowest BCUT2D eigenvalue weighted by Gasteiger charge is -2.36. The van der Waals surface area contributed by atoms with Gasteiger partial charge in [0.05, 0.1) is 16.6 Å². The van der Waals surface area contributed by atoms with Crippen molar-refractivity contribution in [3.63, 3.8) is 0 Å². The van der Waals surface area contributed by atoms with Crippen LogP contribution >= 0.6 is 11.8 Å². The summed E-state index contributed by atoms with van der Waals surface area (Å²) >= 11 is 1.60. The fourth-order valence-corrected chi connectivity index (χ4v) is 8.30. The standard InChI is InChI=1S/C26H38N2O5S/c1-3-4-7-14-27-15-10-13-26-19(20-24(32)33-18-11-12-25(20,2)34-26)22(30)28(21(26)23(27)31)16-8-5-6-9-17-29/h10-13,19-21,29H,3-9,14-18H2,1-2H3/t19-,20-,21?,25+,26-/m0/s1. The fraction of sp³-hybridized carbons (Fsp3) is 0.731. The number of carbonyl (C=O) groups excluding carboxylic acids is 3. The van der Waals surface area contributed by atoms with Crippen LogP contribution in [0.2, 0.25) is 0 Å². The van der Waals surface area contributed by atoms with E-state index >= 15 is 0 Å². The molecule has 34 heavy (non-hydrogen) atoms. The molecule has 1 unspecified atom stereocenters. The van der Waals surface area contributed by atoms with Crippen LogP contribution in [0.3, 0.4) is 0 Å². The number of likely N-dealkylation sites (tertiary alicyclic amines) is 1. The first-order valence-corrected chi connectivity index (χ1v) is 13.6. The van der Waals surface area contributed by atoms with Gasteiger partial charge in [0.2, 0.25) is 11.8 Å². The van der Waals surface area contributed by atoms with E-state index in [4.69, 9.17) is 9.84 Å². The highest BCUT2D eigenvalue weighted by molar-refractivity contribution is 8.02. The van der Waals surface area contributed by atoms with Crippen LogP contribution in [-0.2, 0) is 19.1 Å². The van der Waals surface area contributed by atoms with E-state index in [1.807, 2.05) is 30.1 Å². The zero-order valence-electron chi connectivity index (χ0n) is 20.4. The number of hydrogen-bond acceptors (Lipinski definition) is 6. The molecule has 4 heterocycles. The van der Waals surface area contributed by atoms with Crippen LogP contribution in [0.5, 0.6) is 0 Å².